The van der Waals surface area contributed by atoms with Crippen molar-refractivity contribution in [2.24, 2.45) is 0 Å². The van der Waals surface area contributed by atoms with Crippen LogP contribution in [0.15, 0.2) is 48.5 Å². The van der Waals surface area contributed by atoms with Crippen LogP contribution in [0.3, 0.4) is 0 Å². The Morgan fingerprint density at radius 3 is 2.63 bits per heavy atom. The highest BCUT2D eigenvalue weighted by Crippen LogP contribution is 2.19. The molecular weight excluding hydrogens is 234 g/mol. The van der Waals surface area contributed by atoms with Crippen LogP contribution >= 0.6 is 0 Å². The summed E-state index contributed by atoms with van der Waals surface area (Å²) in [5, 5.41) is 3.23. The molecule has 0 heterocycles. The fourth-order valence-electron chi connectivity index (χ4n) is 2.01. The molecule has 1 N–H and O–H groups in total. The topological polar surface area (TPSA) is 21.3 Å². The zero-order valence-corrected chi connectivity index (χ0v) is 11.8. The van der Waals surface area contributed by atoms with E-state index in [9.17, 15) is 0 Å². The standard InChI is InChI=1S/C17H21NO/c1-13-6-4-7-15(10-13)12-19-17-9-5-8-16(11-17)14(2)18-3/h4-11,14,18H,12H2,1-3H3. The molecule has 2 heteroatoms. The van der Waals surface area contributed by atoms with Crippen LogP contribution in [0, 0.1) is 6.92 Å². The Labute approximate surface area is 115 Å². The molecule has 0 bridgehead atoms. The van der Waals surface area contributed by atoms with E-state index in [4.69, 9.17) is 4.74 Å². The van der Waals surface area contributed by atoms with E-state index in [1.165, 1.54) is 16.7 Å². The summed E-state index contributed by atoms with van der Waals surface area (Å²) in [4.78, 5) is 0. The Morgan fingerprint density at radius 2 is 1.89 bits per heavy atom. The Morgan fingerprint density at radius 1 is 1.11 bits per heavy atom. The van der Waals surface area contributed by atoms with E-state index in [-0.39, 0.29) is 0 Å². The van der Waals surface area contributed by atoms with E-state index in [2.05, 4.69) is 55.6 Å². The van der Waals surface area contributed by atoms with Crippen molar-refractivity contribution in [1.29, 1.82) is 0 Å². The van der Waals surface area contributed by atoms with Crippen LogP contribution < -0.4 is 10.1 Å². The van der Waals surface area contributed by atoms with Crippen molar-refractivity contribution < 1.29 is 4.74 Å². The lowest BCUT2D eigenvalue weighted by atomic mass is 10.1. The third kappa shape index (κ3) is 3.83. The second kappa shape index (κ2) is 6.39. The predicted octanol–water partition coefficient (Wildman–Crippen LogP) is 3.85. The summed E-state index contributed by atoms with van der Waals surface area (Å²) in [6.07, 6.45) is 0. The van der Waals surface area contributed by atoms with Gasteiger partial charge >= 0.3 is 0 Å². The van der Waals surface area contributed by atoms with Crippen molar-refractivity contribution in [3.05, 3.63) is 65.2 Å². The predicted molar refractivity (Wildman–Crippen MR) is 79.4 cm³/mol. The highest BCUT2D eigenvalue weighted by atomic mass is 16.5. The Kier molecular flexibility index (Phi) is 4.58. The molecule has 1 unspecified atom stereocenters. The van der Waals surface area contributed by atoms with Crippen LogP contribution in [0.1, 0.15) is 29.7 Å². The third-order valence-electron chi connectivity index (χ3n) is 3.28. The van der Waals surface area contributed by atoms with E-state index in [0.717, 1.165) is 5.75 Å². The molecule has 2 rings (SSSR count). The molecule has 0 amide bonds. The van der Waals surface area contributed by atoms with Crippen LogP contribution in [0.4, 0.5) is 0 Å². The van der Waals surface area contributed by atoms with Crippen molar-refractivity contribution in [2.45, 2.75) is 26.5 Å². The van der Waals surface area contributed by atoms with Gasteiger partial charge in [0, 0.05) is 6.04 Å². The number of aryl methyl sites for hydroxylation is 1. The summed E-state index contributed by atoms with van der Waals surface area (Å²) >= 11 is 0. The summed E-state index contributed by atoms with van der Waals surface area (Å²) in [7, 11) is 1.96. The lowest BCUT2D eigenvalue weighted by molar-refractivity contribution is 0.305. The molecule has 0 fully saturated rings. The number of hydrogen-bond acceptors (Lipinski definition) is 2. The van der Waals surface area contributed by atoms with Gasteiger partial charge in [-0.05, 0) is 44.2 Å². The maximum atomic E-state index is 5.85. The number of nitrogens with one attached hydrogen (secondary N) is 1. The molecule has 0 aliphatic heterocycles. The Hall–Kier alpha value is -1.80. The first-order chi connectivity index (χ1) is 9.19. The highest BCUT2D eigenvalue weighted by molar-refractivity contribution is 5.31. The molecule has 0 spiro atoms. The van der Waals surface area contributed by atoms with Crippen molar-refractivity contribution >= 4 is 0 Å². The average molecular weight is 255 g/mol. The minimum absolute atomic E-state index is 0.336. The lowest BCUT2D eigenvalue weighted by Gasteiger charge is -2.13. The minimum atomic E-state index is 0.336. The summed E-state index contributed by atoms with van der Waals surface area (Å²) in [6, 6.07) is 17.0. The monoisotopic (exact) mass is 255 g/mol. The van der Waals surface area contributed by atoms with Crippen molar-refractivity contribution in [1.82, 2.24) is 5.32 Å². The van der Waals surface area contributed by atoms with Crippen LogP contribution in [0.25, 0.3) is 0 Å². The van der Waals surface area contributed by atoms with E-state index >= 15 is 0 Å². The van der Waals surface area contributed by atoms with Crippen LogP contribution in [-0.4, -0.2) is 7.05 Å². The van der Waals surface area contributed by atoms with Crippen molar-refractivity contribution in [3.63, 3.8) is 0 Å². The van der Waals surface area contributed by atoms with Gasteiger partial charge in [-0.25, -0.2) is 0 Å². The maximum Gasteiger partial charge on any atom is 0.120 e. The third-order valence-corrected chi connectivity index (χ3v) is 3.28. The number of benzene rings is 2. The van der Waals surface area contributed by atoms with Gasteiger partial charge in [0.2, 0.25) is 0 Å². The quantitative estimate of drug-likeness (QED) is 0.876. The molecule has 2 nitrogen and oxygen atoms in total. The van der Waals surface area contributed by atoms with Crippen molar-refractivity contribution in [3.8, 4) is 5.75 Å². The summed E-state index contributed by atoms with van der Waals surface area (Å²) in [5.41, 5.74) is 3.70. The number of rotatable bonds is 5. The summed E-state index contributed by atoms with van der Waals surface area (Å²) in [5.74, 6) is 0.918. The largest absolute Gasteiger partial charge is 0.489 e. The van der Waals surface area contributed by atoms with E-state index in [1.807, 2.05) is 19.2 Å². The lowest BCUT2D eigenvalue weighted by Crippen LogP contribution is -2.12. The van der Waals surface area contributed by atoms with Gasteiger partial charge in [0.05, 0.1) is 0 Å². The molecular formula is C17H21NO. The first-order valence-electron chi connectivity index (χ1n) is 6.64. The molecule has 0 aliphatic rings. The fraction of sp³-hybridized carbons (Fsp3) is 0.294. The Balaban J connectivity index is 2.03. The highest BCUT2D eigenvalue weighted by Gasteiger charge is 2.03. The zero-order valence-electron chi connectivity index (χ0n) is 11.8. The van der Waals surface area contributed by atoms with Gasteiger partial charge in [-0.15, -0.1) is 0 Å². The molecule has 100 valence electrons. The van der Waals surface area contributed by atoms with Crippen LogP contribution in [0.5, 0.6) is 5.75 Å². The Bertz CT molecular complexity index is 536. The first-order valence-corrected chi connectivity index (χ1v) is 6.64. The van der Waals surface area contributed by atoms with Crippen molar-refractivity contribution in [2.75, 3.05) is 7.05 Å². The molecule has 0 saturated heterocycles. The number of ether oxygens (including phenoxy) is 1. The van der Waals surface area contributed by atoms with E-state index in [1.54, 1.807) is 0 Å². The second-order valence-electron chi connectivity index (χ2n) is 4.86. The van der Waals surface area contributed by atoms with Gasteiger partial charge in [0.15, 0.2) is 0 Å². The van der Waals surface area contributed by atoms with Gasteiger partial charge in [-0.3, -0.25) is 0 Å². The number of hydrogen-bond donors (Lipinski definition) is 1. The molecule has 0 saturated carbocycles. The average Bonchev–Trinajstić information content (AvgIpc) is 2.45. The smallest absolute Gasteiger partial charge is 0.120 e. The molecule has 1 atom stereocenters. The van der Waals surface area contributed by atoms with Crippen LogP contribution in [-0.2, 0) is 6.61 Å². The van der Waals surface area contributed by atoms with E-state index < -0.39 is 0 Å². The molecule has 19 heavy (non-hydrogen) atoms. The fourth-order valence-corrected chi connectivity index (χ4v) is 2.01. The van der Waals surface area contributed by atoms with Gasteiger partial charge in [0.25, 0.3) is 0 Å². The molecule has 2 aromatic carbocycles. The zero-order chi connectivity index (χ0) is 13.7. The van der Waals surface area contributed by atoms with Gasteiger partial charge in [-0.1, -0.05) is 42.0 Å². The molecule has 0 aromatic heterocycles. The normalized spacial score (nSPS) is 12.2. The summed E-state index contributed by atoms with van der Waals surface area (Å²) < 4.78 is 5.85. The van der Waals surface area contributed by atoms with Gasteiger partial charge in [0.1, 0.15) is 12.4 Å². The SMILES string of the molecule is CNC(C)c1cccc(OCc2cccc(C)c2)c1. The van der Waals surface area contributed by atoms with Gasteiger partial charge < -0.3 is 10.1 Å². The summed E-state index contributed by atoms with van der Waals surface area (Å²) in [6.45, 7) is 4.84. The maximum absolute atomic E-state index is 5.85. The minimum Gasteiger partial charge on any atom is -0.489 e. The first kappa shape index (κ1) is 13.6. The van der Waals surface area contributed by atoms with E-state index in [0.29, 0.717) is 12.6 Å². The molecule has 0 aliphatic carbocycles. The van der Waals surface area contributed by atoms with Crippen LogP contribution in [0.2, 0.25) is 0 Å². The molecule has 2 aromatic rings. The molecule has 0 radical (unpaired) electrons. The second-order valence-corrected chi connectivity index (χ2v) is 4.86. The van der Waals surface area contributed by atoms with Gasteiger partial charge in [-0.2, -0.15) is 0 Å².